The zero-order valence-corrected chi connectivity index (χ0v) is 9.14. The van der Waals surface area contributed by atoms with E-state index < -0.39 is 0 Å². The van der Waals surface area contributed by atoms with Crippen molar-refractivity contribution in [3.05, 3.63) is 29.8 Å². The predicted octanol–water partition coefficient (Wildman–Crippen LogP) is 2.60. The van der Waals surface area contributed by atoms with Crippen LogP contribution in [0.5, 0.6) is 17.2 Å². The molecule has 0 aromatic heterocycles. The Morgan fingerprint density at radius 2 is 2.38 bits per heavy atom. The summed E-state index contributed by atoms with van der Waals surface area (Å²) in [5.74, 6) is 1.93. The molecule has 2 unspecified atom stereocenters. The fourth-order valence-electron chi connectivity index (χ4n) is 2.43. The number of benzene rings is 1. The number of aromatic hydroxyl groups is 1. The Hall–Kier alpha value is -1.64. The smallest absolute Gasteiger partial charge is 0.164 e. The maximum atomic E-state index is 9.82. The summed E-state index contributed by atoms with van der Waals surface area (Å²) in [6, 6.07) is 3.57. The Morgan fingerprint density at radius 1 is 1.50 bits per heavy atom. The zero-order valence-electron chi connectivity index (χ0n) is 9.14. The van der Waals surface area contributed by atoms with Crippen LogP contribution in [0.1, 0.15) is 24.8 Å². The number of fused-ring (bicyclic) bond motifs is 3. The lowest BCUT2D eigenvalue weighted by Gasteiger charge is -2.09. The number of hydrogen-bond donors (Lipinski definition) is 1. The highest BCUT2D eigenvalue weighted by molar-refractivity contribution is 5.54. The van der Waals surface area contributed by atoms with Crippen molar-refractivity contribution < 1.29 is 14.6 Å². The van der Waals surface area contributed by atoms with Gasteiger partial charge in [0.15, 0.2) is 11.5 Å². The summed E-state index contributed by atoms with van der Waals surface area (Å²) >= 11 is 0. The summed E-state index contributed by atoms with van der Waals surface area (Å²) in [6.45, 7) is 2.43. The average molecular weight is 218 g/mol. The van der Waals surface area contributed by atoms with E-state index in [-0.39, 0.29) is 11.9 Å². The Labute approximate surface area is 94.3 Å². The summed E-state index contributed by atoms with van der Waals surface area (Å²) in [5.41, 5.74) is 1.09. The molecule has 0 bridgehead atoms. The maximum absolute atomic E-state index is 9.82. The normalized spacial score (nSPS) is 25.1. The molecule has 3 nitrogen and oxygen atoms in total. The third-order valence-electron chi connectivity index (χ3n) is 3.17. The molecule has 84 valence electrons. The van der Waals surface area contributed by atoms with Crippen LogP contribution in [0.25, 0.3) is 0 Å². The van der Waals surface area contributed by atoms with Crippen molar-refractivity contribution >= 4 is 0 Å². The van der Waals surface area contributed by atoms with Crippen LogP contribution in [-0.4, -0.2) is 17.8 Å². The lowest BCUT2D eigenvalue weighted by Crippen LogP contribution is -2.10. The quantitative estimate of drug-likeness (QED) is 0.775. The number of phenolic OH excluding ortho intramolecular Hbond substituents is 1. The first-order valence-electron chi connectivity index (χ1n) is 5.62. The standard InChI is InChI=1S/C13H14O3/c1-2-15-13-7-12-9(6-10(13)14)8-4-3-5-11(8)16-12/h3,5-8,11,14H,2,4H2,1H3. The van der Waals surface area contributed by atoms with E-state index in [0.717, 1.165) is 17.7 Å². The highest BCUT2D eigenvalue weighted by Crippen LogP contribution is 2.47. The Bertz CT molecular complexity index is 451. The first kappa shape index (κ1) is 9.58. The van der Waals surface area contributed by atoms with Gasteiger partial charge in [0.25, 0.3) is 0 Å². The molecule has 1 aromatic carbocycles. The van der Waals surface area contributed by atoms with Crippen molar-refractivity contribution in [2.75, 3.05) is 6.61 Å². The minimum absolute atomic E-state index is 0.145. The highest BCUT2D eigenvalue weighted by Gasteiger charge is 2.35. The van der Waals surface area contributed by atoms with Crippen LogP contribution >= 0.6 is 0 Å². The second-order valence-corrected chi connectivity index (χ2v) is 4.14. The monoisotopic (exact) mass is 218 g/mol. The zero-order chi connectivity index (χ0) is 11.1. The molecular weight excluding hydrogens is 204 g/mol. The summed E-state index contributed by atoms with van der Waals surface area (Å²) in [6.07, 6.45) is 5.35. The topological polar surface area (TPSA) is 38.7 Å². The van der Waals surface area contributed by atoms with E-state index in [0.29, 0.717) is 18.3 Å². The number of hydrogen-bond acceptors (Lipinski definition) is 3. The van der Waals surface area contributed by atoms with Crippen LogP contribution in [0, 0.1) is 0 Å². The van der Waals surface area contributed by atoms with Crippen LogP contribution in [0.4, 0.5) is 0 Å². The second kappa shape index (κ2) is 3.44. The van der Waals surface area contributed by atoms with Gasteiger partial charge in [-0.3, -0.25) is 0 Å². The van der Waals surface area contributed by atoms with Gasteiger partial charge in [-0.05, 0) is 25.5 Å². The molecule has 1 aromatic rings. The SMILES string of the molecule is CCOc1cc2c(cc1O)C1CC=CC1O2. The fraction of sp³-hybridized carbons (Fsp3) is 0.385. The summed E-state index contributed by atoms with van der Waals surface area (Å²) in [5, 5.41) is 9.82. The number of allylic oxidation sites excluding steroid dienone is 1. The molecule has 1 N–H and O–H groups in total. The van der Waals surface area contributed by atoms with Crippen molar-refractivity contribution in [3.8, 4) is 17.2 Å². The Kier molecular flexibility index (Phi) is 2.06. The first-order chi connectivity index (χ1) is 7.79. The van der Waals surface area contributed by atoms with Crippen molar-refractivity contribution in [3.63, 3.8) is 0 Å². The number of rotatable bonds is 2. The van der Waals surface area contributed by atoms with Gasteiger partial charge < -0.3 is 14.6 Å². The average Bonchev–Trinajstić information content (AvgIpc) is 2.80. The molecule has 2 aliphatic rings. The van der Waals surface area contributed by atoms with E-state index in [9.17, 15) is 5.11 Å². The molecule has 1 aliphatic heterocycles. The third-order valence-corrected chi connectivity index (χ3v) is 3.17. The Balaban J connectivity index is 2.00. The Morgan fingerprint density at radius 3 is 3.19 bits per heavy atom. The molecule has 3 rings (SSSR count). The van der Waals surface area contributed by atoms with E-state index >= 15 is 0 Å². The van der Waals surface area contributed by atoms with Gasteiger partial charge in [0.05, 0.1) is 6.61 Å². The van der Waals surface area contributed by atoms with Gasteiger partial charge in [-0.25, -0.2) is 0 Å². The molecule has 1 aliphatic carbocycles. The van der Waals surface area contributed by atoms with Crippen LogP contribution in [0.2, 0.25) is 0 Å². The van der Waals surface area contributed by atoms with Crippen LogP contribution in [0.15, 0.2) is 24.3 Å². The molecule has 0 saturated carbocycles. The van der Waals surface area contributed by atoms with Gasteiger partial charge in [0.2, 0.25) is 0 Å². The van der Waals surface area contributed by atoms with Crippen LogP contribution in [-0.2, 0) is 0 Å². The summed E-state index contributed by atoms with van der Waals surface area (Å²) in [4.78, 5) is 0. The maximum Gasteiger partial charge on any atom is 0.164 e. The van der Waals surface area contributed by atoms with Gasteiger partial charge in [0.1, 0.15) is 11.9 Å². The van der Waals surface area contributed by atoms with Gasteiger partial charge in [-0.2, -0.15) is 0 Å². The molecule has 1 heterocycles. The summed E-state index contributed by atoms with van der Waals surface area (Å²) in [7, 11) is 0. The molecule has 0 saturated heterocycles. The van der Waals surface area contributed by atoms with E-state index in [1.165, 1.54) is 0 Å². The van der Waals surface area contributed by atoms with Crippen molar-refractivity contribution in [1.29, 1.82) is 0 Å². The fourth-order valence-corrected chi connectivity index (χ4v) is 2.43. The van der Waals surface area contributed by atoms with Crippen molar-refractivity contribution in [2.45, 2.75) is 25.4 Å². The highest BCUT2D eigenvalue weighted by atomic mass is 16.5. The lowest BCUT2D eigenvalue weighted by molar-refractivity contribution is 0.263. The predicted molar refractivity (Wildman–Crippen MR) is 60.2 cm³/mol. The van der Waals surface area contributed by atoms with Crippen LogP contribution in [0.3, 0.4) is 0 Å². The minimum atomic E-state index is 0.145. The molecule has 16 heavy (non-hydrogen) atoms. The van der Waals surface area contributed by atoms with Gasteiger partial charge in [0, 0.05) is 17.5 Å². The number of phenols is 1. The van der Waals surface area contributed by atoms with Crippen molar-refractivity contribution in [2.24, 2.45) is 0 Å². The largest absolute Gasteiger partial charge is 0.504 e. The lowest BCUT2D eigenvalue weighted by atomic mass is 9.96. The van der Waals surface area contributed by atoms with Gasteiger partial charge >= 0.3 is 0 Å². The first-order valence-corrected chi connectivity index (χ1v) is 5.62. The minimum Gasteiger partial charge on any atom is -0.504 e. The molecular formula is C13H14O3. The summed E-state index contributed by atoms with van der Waals surface area (Å²) < 4.78 is 11.1. The molecule has 0 fully saturated rings. The van der Waals surface area contributed by atoms with E-state index in [4.69, 9.17) is 9.47 Å². The molecule has 0 radical (unpaired) electrons. The number of ether oxygens (including phenoxy) is 2. The van der Waals surface area contributed by atoms with E-state index in [1.54, 1.807) is 12.1 Å². The van der Waals surface area contributed by atoms with Gasteiger partial charge in [-0.1, -0.05) is 6.08 Å². The second-order valence-electron chi connectivity index (χ2n) is 4.14. The molecule has 2 atom stereocenters. The third kappa shape index (κ3) is 1.28. The molecule has 0 spiro atoms. The van der Waals surface area contributed by atoms with E-state index in [1.807, 2.05) is 6.92 Å². The molecule has 3 heteroatoms. The van der Waals surface area contributed by atoms with Crippen LogP contribution < -0.4 is 9.47 Å². The van der Waals surface area contributed by atoms with E-state index in [2.05, 4.69) is 12.2 Å². The van der Waals surface area contributed by atoms with Gasteiger partial charge in [-0.15, -0.1) is 0 Å². The van der Waals surface area contributed by atoms with Crippen molar-refractivity contribution in [1.82, 2.24) is 0 Å². The molecule has 0 amide bonds.